The average molecular weight is 239 g/mol. The van der Waals surface area contributed by atoms with Crippen molar-refractivity contribution in [1.29, 1.82) is 0 Å². The summed E-state index contributed by atoms with van der Waals surface area (Å²) < 4.78 is 0. The third-order valence-corrected chi connectivity index (χ3v) is 3.88. The SMILES string of the molecule is CC(N)c1nc(C(=O)NC2CCCC2)cs1. The maximum atomic E-state index is 11.8. The van der Waals surface area contributed by atoms with Gasteiger partial charge in [-0.3, -0.25) is 4.79 Å². The fraction of sp³-hybridized carbons (Fsp3) is 0.636. The largest absolute Gasteiger partial charge is 0.348 e. The predicted octanol–water partition coefficient (Wildman–Crippen LogP) is 1.84. The van der Waals surface area contributed by atoms with Gasteiger partial charge in [-0.2, -0.15) is 0 Å². The molecule has 4 nitrogen and oxygen atoms in total. The number of rotatable bonds is 3. The van der Waals surface area contributed by atoms with Crippen LogP contribution in [-0.4, -0.2) is 16.9 Å². The summed E-state index contributed by atoms with van der Waals surface area (Å²) in [6.45, 7) is 1.87. The monoisotopic (exact) mass is 239 g/mol. The van der Waals surface area contributed by atoms with Crippen molar-refractivity contribution < 1.29 is 4.79 Å². The lowest BCUT2D eigenvalue weighted by molar-refractivity contribution is 0.0933. The third-order valence-electron chi connectivity index (χ3n) is 2.83. The van der Waals surface area contributed by atoms with Crippen LogP contribution in [0.1, 0.15) is 54.1 Å². The topological polar surface area (TPSA) is 68.0 Å². The maximum Gasteiger partial charge on any atom is 0.270 e. The maximum absolute atomic E-state index is 11.8. The molecule has 1 aliphatic rings. The molecule has 1 aromatic heterocycles. The molecule has 1 aromatic rings. The molecule has 0 saturated heterocycles. The molecule has 1 unspecified atom stereocenters. The lowest BCUT2D eigenvalue weighted by Crippen LogP contribution is -2.32. The second kappa shape index (κ2) is 4.93. The Balaban J connectivity index is 1.97. The number of nitrogens with zero attached hydrogens (tertiary/aromatic N) is 1. The normalized spacial score (nSPS) is 18.6. The summed E-state index contributed by atoms with van der Waals surface area (Å²) in [4.78, 5) is 16.1. The highest BCUT2D eigenvalue weighted by molar-refractivity contribution is 7.09. The van der Waals surface area contributed by atoms with Gasteiger partial charge in [0.25, 0.3) is 5.91 Å². The third kappa shape index (κ3) is 2.59. The number of hydrogen-bond donors (Lipinski definition) is 2. The minimum absolute atomic E-state index is 0.0601. The Kier molecular flexibility index (Phi) is 3.56. The second-order valence-electron chi connectivity index (χ2n) is 4.31. The van der Waals surface area contributed by atoms with E-state index in [1.807, 2.05) is 6.92 Å². The van der Waals surface area contributed by atoms with Crippen molar-refractivity contribution in [3.8, 4) is 0 Å². The van der Waals surface area contributed by atoms with E-state index in [-0.39, 0.29) is 11.9 Å². The molecule has 1 heterocycles. The molecule has 1 fully saturated rings. The molecule has 1 amide bonds. The van der Waals surface area contributed by atoms with Gasteiger partial charge in [-0.1, -0.05) is 12.8 Å². The average Bonchev–Trinajstić information content (AvgIpc) is 2.86. The molecule has 0 bridgehead atoms. The molecule has 5 heteroatoms. The van der Waals surface area contributed by atoms with Gasteiger partial charge in [0.2, 0.25) is 0 Å². The van der Waals surface area contributed by atoms with Gasteiger partial charge < -0.3 is 11.1 Å². The van der Waals surface area contributed by atoms with Gasteiger partial charge in [-0.05, 0) is 19.8 Å². The summed E-state index contributed by atoms with van der Waals surface area (Å²) in [6, 6.07) is 0.242. The Bertz CT molecular complexity index is 369. The number of hydrogen-bond acceptors (Lipinski definition) is 4. The molecular formula is C11H17N3OS. The van der Waals surface area contributed by atoms with Gasteiger partial charge in [0.15, 0.2) is 0 Å². The van der Waals surface area contributed by atoms with Crippen molar-refractivity contribution in [3.63, 3.8) is 0 Å². The number of nitrogens with two attached hydrogens (primary N) is 1. The minimum Gasteiger partial charge on any atom is -0.348 e. The van der Waals surface area contributed by atoms with Gasteiger partial charge in [-0.25, -0.2) is 4.98 Å². The van der Waals surface area contributed by atoms with E-state index < -0.39 is 0 Å². The number of thiazole rings is 1. The van der Waals surface area contributed by atoms with Gasteiger partial charge >= 0.3 is 0 Å². The van der Waals surface area contributed by atoms with Crippen LogP contribution in [0.15, 0.2) is 5.38 Å². The summed E-state index contributed by atoms with van der Waals surface area (Å²) in [5, 5.41) is 5.61. The molecule has 2 rings (SSSR count). The van der Waals surface area contributed by atoms with Crippen LogP contribution in [0.3, 0.4) is 0 Å². The van der Waals surface area contributed by atoms with Gasteiger partial charge in [0, 0.05) is 11.4 Å². The summed E-state index contributed by atoms with van der Waals surface area (Å²) in [6.07, 6.45) is 4.62. The second-order valence-corrected chi connectivity index (χ2v) is 5.20. The van der Waals surface area contributed by atoms with Crippen LogP contribution in [0.5, 0.6) is 0 Å². The van der Waals surface area contributed by atoms with Crippen molar-refractivity contribution in [3.05, 3.63) is 16.1 Å². The fourth-order valence-electron chi connectivity index (χ4n) is 1.93. The van der Waals surface area contributed by atoms with E-state index in [2.05, 4.69) is 10.3 Å². The lowest BCUT2D eigenvalue weighted by atomic mass is 10.2. The zero-order valence-electron chi connectivity index (χ0n) is 9.40. The number of carbonyl (C=O) groups is 1. The van der Waals surface area contributed by atoms with Crippen LogP contribution >= 0.6 is 11.3 Å². The Hall–Kier alpha value is -0.940. The highest BCUT2D eigenvalue weighted by atomic mass is 32.1. The molecule has 0 spiro atoms. The van der Waals surface area contributed by atoms with Crippen molar-refractivity contribution in [2.75, 3.05) is 0 Å². The smallest absolute Gasteiger partial charge is 0.270 e. The van der Waals surface area contributed by atoms with Crippen LogP contribution < -0.4 is 11.1 Å². The van der Waals surface area contributed by atoms with E-state index in [0.29, 0.717) is 11.7 Å². The summed E-state index contributed by atoms with van der Waals surface area (Å²) >= 11 is 1.45. The first-order valence-corrected chi connectivity index (χ1v) is 6.56. The van der Waals surface area contributed by atoms with E-state index in [9.17, 15) is 4.79 Å². The first-order valence-electron chi connectivity index (χ1n) is 5.68. The standard InChI is InChI=1S/C11H17N3OS/c1-7(12)11-14-9(6-16-11)10(15)13-8-4-2-3-5-8/h6-8H,2-5,12H2,1H3,(H,13,15). The van der Waals surface area contributed by atoms with E-state index >= 15 is 0 Å². The molecule has 0 aliphatic heterocycles. The molecule has 16 heavy (non-hydrogen) atoms. The summed E-state index contributed by atoms with van der Waals surface area (Å²) in [7, 11) is 0. The van der Waals surface area contributed by atoms with Crippen molar-refractivity contribution in [2.24, 2.45) is 5.73 Å². The number of nitrogens with one attached hydrogen (secondary N) is 1. The van der Waals surface area contributed by atoms with Crippen molar-refractivity contribution in [2.45, 2.75) is 44.7 Å². The van der Waals surface area contributed by atoms with Crippen LogP contribution in [-0.2, 0) is 0 Å². The zero-order valence-corrected chi connectivity index (χ0v) is 10.2. The quantitative estimate of drug-likeness (QED) is 0.845. The first kappa shape index (κ1) is 11.5. The minimum atomic E-state index is -0.0990. The van der Waals surface area contributed by atoms with Crippen LogP contribution in [0, 0.1) is 0 Å². The number of carbonyl (C=O) groups excluding carboxylic acids is 1. The van der Waals surface area contributed by atoms with Crippen molar-refractivity contribution >= 4 is 17.2 Å². The van der Waals surface area contributed by atoms with E-state index in [0.717, 1.165) is 17.8 Å². The molecular weight excluding hydrogens is 222 g/mol. The highest BCUT2D eigenvalue weighted by Crippen LogP contribution is 2.19. The molecule has 1 atom stereocenters. The summed E-state index contributed by atoms with van der Waals surface area (Å²) in [5.74, 6) is -0.0601. The summed E-state index contributed by atoms with van der Waals surface area (Å²) in [5.41, 5.74) is 6.21. The molecule has 0 aromatic carbocycles. The molecule has 3 N–H and O–H groups in total. The highest BCUT2D eigenvalue weighted by Gasteiger charge is 2.19. The van der Waals surface area contributed by atoms with Crippen LogP contribution in [0.25, 0.3) is 0 Å². The van der Waals surface area contributed by atoms with Gasteiger partial charge in [-0.15, -0.1) is 11.3 Å². The number of aromatic nitrogens is 1. The molecule has 1 aliphatic carbocycles. The fourth-order valence-corrected chi connectivity index (χ4v) is 2.69. The molecule has 1 saturated carbocycles. The van der Waals surface area contributed by atoms with Gasteiger partial charge in [0.05, 0.1) is 6.04 Å². The Morgan fingerprint density at radius 3 is 2.88 bits per heavy atom. The molecule has 88 valence electrons. The van der Waals surface area contributed by atoms with Gasteiger partial charge in [0.1, 0.15) is 10.7 Å². The predicted molar refractivity (Wildman–Crippen MR) is 64.4 cm³/mol. The van der Waals surface area contributed by atoms with E-state index in [4.69, 9.17) is 5.73 Å². The van der Waals surface area contributed by atoms with E-state index in [1.54, 1.807) is 5.38 Å². The van der Waals surface area contributed by atoms with E-state index in [1.165, 1.54) is 24.2 Å². The number of amides is 1. The first-order chi connectivity index (χ1) is 7.66. The molecule has 0 radical (unpaired) electrons. The Morgan fingerprint density at radius 1 is 1.62 bits per heavy atom. The van der Waals surface area contributed by atoms with Crippen LogP contribution in [0.2, 0.25) is 0 Å². The lowest BCUT2D eigenvalue weighted by Gasteiger charge is -2.09. The Morgan fingerprint density at radius 2 is 2.31 bits per heavy atom. The Labute approximate surface area is 99.3 Å². The van der Waals surface area contributed by atoms with Crippen LogP contribution in [0.4, 0.5) is 0 Å². The van der Waals surface area contributed by atoms with Crippen molar-refractivity contribution in [1.82, 2.24) is 10.3 Å². The zero-order chi connectivity index (χ0) is 11.5.